The average Bonchev–Trinajstić information content (AvgIpc) is 2.74. The number of nitrogens with one attached hydrogen (secondary N) is 1. The van der Waals surface area contributed by atoms with Gasteiger partial charge in [-0.25, -0.2) is 8.42 Å². The van der Waals surface area contributed by atoms with E-state index in [1.165, 1.54) is 4.31 Å². The topological polar surface area (TPSA) is 71.8 Å². The summed E-state index contributed by atoms with van der Waals surface area (Å²) >= 11 is 0. The number of hydrogen-bond acceptors (Lipinski definition) is 5. The number of hydrogen-bond donors (Lipinski definition) is 1. The van der Waals surface area contributed by atoms with E-state index in [1.807, 2.05) is 6.92 Å². The molecule has 6 nitrogen and oxygen atoms in total. The molecule has 0 aliphatic carbocycles. The Hall–Kier alpha value is -0.890. The third-order valence-electron chi connectivity index (χ3n) is 3.83. The van der Waals surface area contributed by atoms with E-state index >= 15 is 0 Å². The van der Waals surface area contributed by atoms with Crippen molar-refractivity contribution in [2.75, 3.05) is 26.7 Å². The van der Waals surface area contributed by atoms with Gasteiger partial charge in [-0.2, -0.15) is 4.31 Å². The van der Waals surface area contributed by atoms with Gasteiger partial charge in [0.15, 0.2) is 0 Å². The Bertz CT molecular complexity index is 594. The minimum atomic E-state index is -3.55. The van der Waals surface area contributed by atoms with Crippen LogP contribution in [0.4, 0.5) is 0 Å². The molecule has 7 heteroatoms. The van der Waals surface area contributed by atoms with Crippen LogP contribution in [0.25, 0.3) is 0 Å². The van der Waals surface area contributed by atoms with E-state index in [9.17, 15) is 8.42 Å². The maximum absolute atomic E-state index is 13.0. The van der Waals surface area contributed by atoms with E-state index in [-0.39, 0.29) is 6.10 Å². The molecule has 2 heterocycles. The van der Waals surface area contributed by atoms with Crippen molar-refractivity contribution in [3.63, 3.8) is 0 Å². The number of sulfonamides is 1. The zero-order valence-electron chi connectivity index (χ0n) is 13.1. The molecule has 1 aliphatic rings. The molecule has 1 saturated heterocycles. The molecule has 120 valence electrons. The van der Waals surface area contributed by atoms with Crippen LogP contribution in [-0.2, 0) is 21.3 Å². The molecule has 1 aliphatic heterocycles. The minimum Gasteiger partial charge on any atom is -0.465 e. The van der Waals surface area contributed by atoms with Crippen molar-refractivity contribution in [3.8, 4) is 0 Å². The Labute approximate surface area is 126 Å². The smallest absolute Gasteiger partial charge is 0.247 e. The predicted octanol–water partition coefficient (Wildman–Crippen LogP) is 1.42. The van der Waals surface area contributed by atoms with E-state index in [0.29, 0.717) is 42.7 Å². The Kier molecular flexibility index (Phi) is 5.08. The van der Waals surface area contributed by atoms with E-state index in [2.05, 4.69) is 5.32 Å². The number of aryl methyl sites for hydroxylation is 2. The molecule has 0 spiro atoms. The lowest BCUT2D eigenvalue weighted by molar-refractivity contribution is -0.00281. The predicted molar refractivity (Wildman–Crippen MR) is 79.7 cm³/mol. The molecule has 0 radical (unpaired) electrons. The first-order valence-corrected chi connectivity index (χ1v) is 8.71. The van der Waals surface area contributed by atoms with Crippen LogP contribution in [0.3, 0.4) is 0 Å². The lowest BCUT2D eigenvalue weighted by Crippen LogP contribution is -2.45. The lowest BCUT2D eigenvalue weighted by Gasteiger charge is -2.31. The van der Waals surface area contributed by atoms with Crippen LogP contribution >= 0.6 is 0 Å². The molecule has 1 atom stereocenters. The SMILES string of the molecule is CCC1CN(S(=O)(=O)c2c(C)oc(C)c2CNC)CCO1. The normalized spacial score (nSPS) is 20.9. The molecule has 0 aromatic carbocycles. The van der Waals surface area contributed by atoms with Crippen molar-refractivity contribution in [3.05, 3.63) is 17.1 Å². The fourth-order valence-electron chi connectivity index (χ4n) is 2.72. The molecule has 2 rings (SSSR count). The van der Waals surface area contributed by atoms with Gasteiger partial charge in [-0.1, -0.05) is 6.92 Å². The maximum Gasteiger partial charge on any atom is 0.247 e. The summed E-state index contributed by atoms with van der Waals surface area (Å²) in [5.41, 5.74) is 0.717. The largest absolute Gasteiger partial charge is 0.465 e. The molecular weight excluding hydrogens is 292 g/mol. The summed E-state index contributed by atoms with van der Waals surface area (Å²) in [7, 11) is -1.76. The van der Waals surface area contributed by atoms with Gasteiger partial charge in [0.1, 0.15) is 16.4 Å². The highest BCUT2D eigenvalue weighted by molar-refractivity contribution is 7.89. The first kappa shape index (κ1) is 16.5. The fraction of sp³-hybridized carbons (Fsp3) is 0.714. The Balaban J connectivity index is 2.39. The van der Waals surface area contributed by atoms with E-state index in [1.54, 1.807) is 20.9 Å². The molecule has 0 saturated carbocycles. The highest BCUT2D eigenvalue weighted by Gasteiger charge is 2.35. The second-order valence-electron chi connectivity index (χ2n) is 5.32. The standard InChI is InChI=1S/C14H24N2O4S/c1-5-12-9-16(6-7-19-12)21(17,18)14-11(3)20-10(2)13(14)8-15-4/h12,15H,5-9H2,1-4H3. The van der Waals surface area contributed by atoms with Gasteiger partial charge >= 0.3 is 0 Å². The highest BCUT2D eigenvalue weighted by atomic mass is 32.2. The van der Waals surface area contributed by atoms with Gasteiger partial charge in [-0.3, -0.25) is 0 Å². The second kappa shape index (κ2) is 6.48. The van der Waals surface area contributed by atoms with Crippen molar-refractivity contribution in [2.45, 2.75) is 44.7 Å². The van der Waals surface area contributed by atoms with E-state index in [0.717, 1.165) is 12.0 Å². The van der Waals surface area contributed by atoms with Gasteiger partial charge in [0.25, 0.3) is 0 Å². The van der Waals surface area contributed by atoms with Crippen LogP contribution in [0.1, 0.15) is 30.4 Å². The monoisotopic (exact) mass is 316 g/mol. The molecule has 0 amide bonds. The summed E-state index contributed by atoms with van der Waals surface area (Å²) in [6.45, 7) is 7.21. The van der Waals surface area contributed by atoms with Gasteiger partial charge in [0, 0.05) is 25.2 Å². The molecule has 1 aromatic rings. The quantitative estimate of drug-likeness (QED) is 0.889. The van der Waals surface area contributed by atoms with Gasteiger partial charge in [-0.15, -0.1) is 0 Å². The van der Waals surface area contributed by atoms with Gasteiger partial charge < -0.3 is 14.5 Å². The number of ether oxygens (including phenoxy) is 1. The maximum atomic E-state index is 13.0. The number of rotatable bonds is 5. The van der Waals surface area contributed by atoms with E-state index in [4.69, 9.17) is 9.15 Å². The zero-order chi connectivity index (χ0) is 15.6. The number of morpholine rings is 1. The third-order valence-corrected chi connectivity index (χ3v) is 5.89. The van der Waals surface area contributed by atoms with Crippen LogP contribution in [0.15, 0.2) is 9.31 Å². The average molecular weight is 316 g/mol. The fourth-order valence-corrected chi connectivity index (χ4v) is 4.58. The molecule has 0 bridgehead atoms. The van der Waals surface area contributed by atoms with Crippen molar-refractivity contribution in [1.82, 2.24) is 9.62 Å². The summed E-state index contributed by atoms with van der Waals surface area (Å²) in [6.07, 6.45) is 0.772. The molecule has 1 aromatic heterocycles. The summed E-state index contributed by atoms with van der Waals surface area (Å²) in [4.78, 5) is 0.311. The van der Waals surface area contributed by atoms with Crippen molar-refractivity contribution in [1.29, 1.82) is 0 Å². The van der Waals surface area contributed by atoms with Gasteiger partial charge in [0.05, 0.1) is 12.7 Å². The van der Waals surface area contributed by atoms with E-state index < -0.39 is 10.0 Å². The zero-order valence-corrected chi connectivity index (χ0v) is 13.9. The summed E-state index contributed by atoms with van der Waals surface area (Å²) in [5.74, 6) is 1.11. The van der Waals surface area contributed by atoms with Crippen LogP contribution in [0.5, 0.6) is 0 Å². The van der Waals surface area contributed by atoms with Crippen LogP contribution < -0.4 is 5.32 Å². The molecule has 1 unspecified atom stereocenters. The molecule has 1 fully saturated rings. The summed E-state index contributed by atoms with van der Waals surface area (Å²) in [6, 6.07) is 0. The Morgan fingerprint density at radius 1 is 1.33 bits per heavy atom. The van der Waals surface area contributed by atoms with Crippen LogP contribution in [0.2, 0.25) is 0 Å². The molecule has 21 heavy (non-hydrogen) atoms. The lowest BCUT2D eigenvalue weighted by atomic mass is 10.2. The van der Waals surface area contributed by atoms with Gasteiger partial charge in [-0.05, 0) is 27.3 Å². The van der Waals surface area contributed by atoms with Crippen molar-refractivity contribution >= 4 is 10.0 Å². The Morgan fingerprint density at radius 3 is 2.67 bits per heavy atom. The second-order valence-corrected chi connectivity index (χ2v) is 7.19. The highest BCUT2D eigenvalue weighted by Crippen LogP contribution is 2.30. The van der Waals surface area contributed by atoms with Crippen LogP contribution in [-0.4, -0.2) is 45.6 Å². The summed E-state index contributed by atoms with van der Waals surface area (Å²) in [5, 5.41) is 3.01. The van der Waals surface area contributed by atoms with Crippen LogP contribution in [0, 0.1) is 13.8 Å². The first-order valence-electron chi connectivity index (χ1n) is 7.27. The Morgan fingerprint density at radius 2 is 2.05 bits per heavy atom. The number of furan rings is 1. The third kappa shape index (κ3) is 3.15. The molecule has 1 N–H and O–H groups in total. The summed E-state index contributed by atoms with van der Waals surface area (Å²) < 4.78 is 38.5. The van der Waals surface area contributed by atoms with Crippen molar-refractivity contribution in [2.24, 2.45) is 0 Å². The van der Waals surface area contributed by atoms with Gasteiger partial charge in [0.2, 0.25) is 10.0 Å². The van der Waals surface area contributed by atoms with Crippen molar-refractivity contribution < 1.29 is 17.6 Å². The number of nitrogens with zero attached hydrogens (tertiary/aromatic N) is 1. The first-order chi connectivity index (χ1) is 9.91. The minimum absolute atomic E-state index is 0.0328. The molecular formula is C14H24N2O4S.